The van der Waals surface area contributed by atoms with Crippen LogP contribution in [0, 0.1) is 11.6 Å². The molecule has 1 saturated heterocycles. The number of amides is 1. The van der Waals surface area contributed by atoms with Crippen LogP contribution in [-0.4, -0.2) is 47.5 Å². The number of nitrogen functional groups attached to an aromatic ring is 1. The molecule has 0 radical (unpaired) electrons. The van der Waals surface area contributed by atoms with Gasteiger partial charge in [-0.2, -0.15) is 0 Å². The molecule has 1 aromatic carbocycles. The summed E-state index contributed by atoms with van der Waals surface area (Å²) in [5.74, 6) is -2.81. The Morgan fingerprint density at radius 2 is 1.96 bits per heavy atom. The van der Waals surface area contributed by atoms with Crippen molar-refractivity contribution in [2.75, 3.05) is 30.7 Å². The number of nitrogens with zero attached hydrogens (tertiary/aromatic N) is 2. The van der Waals surface area contributed by atoms with E-state index in [1.165, 1.54) is 6.07 Å². The van der Waals surface area contributed by atoms with Crippen molar-refractivity contribution in [2.24, 2.45) is 0 Å². The van der Waals surface area contributed by atoms with Gasteiger partial charge in [-0.3, -0.25) is 4.79 Å². The molecular formula is C18H20F2N4O3S. The molecule has 3 rings (SSSR count). The maximum Gasteiger partial charge on any atom is 0.409 e. The van der Waals surface area contributed by atoms with E-state index in [1.807, 2.05) is 0 Å². The highest BCUT2D eigenvalue weighted by atomic mass is 32.1. The second-order valence-electron chi connectivity index (χ2n) is 6.26. The molecule has 2 heterocycles. The third kappa shape index (κ3) is 4.22. The van der Waals surface area contributed by atoms with Crippen molar-refractivity contribution in [1.82, 2.24) is 9.88 Å². The summed E-state index contributed by atoms with van der Waals surface area (Å²) in [5, 5.41) is 3.57. The van der Waals surface area contributed by atoms with Gasteiger partial charge in [0.15, 0.2) is 5.13 Å². The molecule has 1 aliphatic heterocycles. The maximum absolute atomic E-state index is 13.9. The minimum Gasteiger partial charge on any atom is -0.450 e. The van der Waals surface area contributed by atoms with E-state index in [9.17, 15) is 18.4 Å². The number of ketones is 1. The minimum absolute atomic E-state index is 0.0181. The van der Waals surface area contributed by atoms with Gasteiger partial charge in [-0.05, 0) is 31.9 Å². The molecule has 1 amide bonds. The number of likely N-dealkylation sites (tertiary alicyclic amines) is 1. The fourth-order valence-corrected chi connectivity index (χ4v) is 3.89. The van der Waals surface area contributed by atoms with Crippen LogP contribution in [0.4, 0.5) is 24.5 Å². The number of carbonyl (C=O) groups excluding carboxylic acids is 2. The number of hydrogen-bond donors (Lipinski definition) is 2. The number of piperidine rings is 1. The topological polar surface area (TPSA) is 97.6 Å². The maximum atomic E-state index is 13.9. The third-order valence-corrected chi connectivity index (χ3v) is 5.40. The number of rotatable bonds is 5. The van der Waals surface area contributed by atoms with Gasteiger partial charge in [0.25, 0.3) is 0 Å². The minimum atomic E-state index is -0.946. The van der Waals surface area contributed by atoms with Gasteiger partial charge in [0.2, 0.25) is 5.78 Å². The van der Waals surface area contributed by atoms with E-state index in [0.29, 0.717) is 37.7 Å². The van der Waals surface area contributed by atoms with E-state index in [4.69, 9.17) is 10.5 Å². The van der Waals surface area contributed by atoms with Crippen molar-refractivity contribution in [2.45, 2.75) is 25.8 Å². The molecule has 0 saturated carbocycles. The standard InChI is InChI=1S/C18H20F2N4O3S/c1-2-27-18(26)24-8-6-10(7-9-24)22-17-23-16(21)15(28-17)14(25)13-11(19)4-3-5-12(13)20/h3-5,10H,2,6-9,21H2,1H3,(H,22,23). The molecule has 0 bridgehead atoms. The Morgan fingerprint density at radius 3 is 2.57 bits per heavy atom. The molecule has 28 heavy (non-hydrogen) atoms. The summed E-state index contributed by atoms with van der Waals surface area (Å²) in [4.78, 5) is 30.0. The smallest absolute Gasteiger partial charge is 0.409 e. The summed E-state index contributed by atoms with van der Waals surface area (Å²) in [7, 11) is 0. The Labute approximate surface area is 164 Å². The first-order valence-corrected chi connectivity index (χ1v) is 9.65. The van der Waals surface area contributed by atoms with Gasteiger partial charge in [0.1, 0.15) is 22.3 Å². The van der Waals surface area contributed by atoms with Gasteiger partial charge in [0, 0.05) is 19.1 Å². The quantitative estimate of drug-likeness (QED) is 0.735. The van der Waals surface area contributed by atoms with Crippen LogP contribution in [0.25, 0.3) is 0 Å². The number of halogens is 2. The lowest BCUT2D eigenvalue weighted by Gasteiger charge is -2.31. The van der Waals surface area contributed by atoms with Gasteiger partial charge in [0.05, 0.1) is 12.2 Å². The van der Waals surface area contributed by atoms with Gasteiger partial charge >= 0.3 is 6.09 Å². The van der Waals surface area contributed by atoms with Crippen LogP contribution in [0.1, 0.15) is 35.0 Å². The molecule has 3 N–H and O–H groups in total. The summed E-state index contributed by atoms with van der Waals surface area (Å²) in [6, 6.07) is 3.26. The van der Waals surface area contributed by atoms with Crippen LogP contribution in [0.15, 0.2) is 18.2 Å². The summed E-state index contributed by atoms with van der Waals surface area (Å²) < 4.78 is 32.7. The molecule has 1 fully saturated rings. The largest absolute Gasteiger partial charge is 0.450 e. The number of nitrogens with one attached hydrogen (secondary N) is 1. The van der Waals surface area contributed by atoms with Crippen molar-refractivity contribution in [3.05, 3.63) is 40.3 Å². The van der Waals surface area contributed by atoms with Gasteiger partial charge in [-0.25, -0.2) is 18.6 Å². The third-order valence-electron chi connectivity index (χ3n) is 4.40. The molecule has 1 aliphatic rings. The van der Waals surface area contributed by atoms with E-state index >= 15 is 0 Å². The fraction of sp³-hybridized carbons (Fsp3) is 0.389. The SMILES string of the molecule is CCOC(=O)N1CCC(Nc2nc(N)c(C(=O)c3c(F)cccc3F)s2)CC1. The molecule has 0 aliphatic carbocycles. The summed E-state index contributed by atoms with van der Waals surface area (Å²) >= 11 is 0.953. The Bertz CT molecular complexity index is 861. The number of hydrogen-bond acceptors (Lipinski definition) is 7. The predicted molar refractivity (Wildman–Crippen MR) is 102 cm³/mol. The highest BCUT2D eigenvalue weighted by molar-refractivity contribution is 7.18. The van der Waals surface area contributed by atoms with E-state index in [0.717, 1.165) is 23.5 Å². The predicted octanol–water partition coefficient (Wildman–Crippen LogP) is 3.27. The van der Waals surface area contributed by atoms with Crippen molar-refractivity contribution in [3.8, 4) is 0 Å². The van der Waals surface area contributed by atoms with Crippen molar-refractivity contribution in [1.29, 1.82) is 0 Å². The van der Waals surface area contributed by atoms with Crippen molar-refractivity contribution >= 4 is 34.2 Å². The number of anilines is 2. The zero-order valence-corrected chi connectivity index (χ0v) is 16.0. The lowest BCUT2D eigenvalue weighted by molar-refractivity contribution is 0.0982. The molecule has 1 aromatic heterocycles. The first-order valence-electron chi connectivity index (χ1n) is 8.84. The monoisotopic (exact) mass is 410 g/mol. The van der Waals surface area contributed by atoms with E-state index in [2.05, 4.69) is 10.3 Å². The molecule has 10 heteroatoms. The van der Waals surface area contributed by atoms with Gasteiger partial charge in [-0.1, -0.05) is 17.4 Å². The Hall–Kier alpha value is -2.75. The number of ether oxygens (including phenoxy) is 1. The molecule has 2 aromatic rings. The van der Waals surface area contributed by atoms with Crippen LogP contribution in [0.3, 0.4) is 0 Å². The van der Waals surface area contributed by atoms with Crippen LogP contribution in [0.5, 0.6) is 0 Å². The lowest BCUT2D eigenvalue weighted by atomic mass is 10.1. The second-order valence-corrected chi connectivity index (χ2v) is 7.26. The first-order chi connectivity index (χ1) is 13.4. The molecule has 0 unspecified atom stereocenters. The Morgan fingerprint density at radius 1 is 1.32 bits per heavy atom. The number of carbonyl (C=O) groups is 2. The number of benzene rings is 1. The summed E-state index contributed by atoms with van der Waals surface area (Å²) in [6.45, 7) is 3.15. The fourth-order valence-electron chi connectivity index (χ4n) is 2.98. The highest BCUT2D eigenvalue weighted by Gasteiger charge is 2.27. The normalized spacial score (nSPS) is 14.8. The average molecular weight is 410 g/mol. The van der Waals surface area contributed by atoms with Crippen LogP contribution in [0.2, 0.25) is 0 Å². The Balaban J connectivity index is 1.67. The first kappa shape index (κ1) is 20.0. The van der Waals surface area contributed by atoms with Crippen LogP contribution in [-0.2, 0) is 4.74 Å². The number of nitrogens with two attached hydrogens (primary N) is 1. The van der Waals surface area contributed by atoms with E-state index in [-0.39, 0.29) is 22.8 Å². The average Bonchev–Trinajstić information content (AvgIpc) is 3.02. The number of thiazole rings is 1. The van der Waals surface area contributed by atoms with Crippen molar-refractivity contribution in [3.63, 3.8) is 0 Å². The van der Waals surface area contributed by atoms with Gasteiger partial charge < -0.3 is 20.7 Å². The molecular weight excluding hydrogens is 390 g/mol. The zero-order chi connectivity index (χ0) is 20.3. The van der Waals surface area contributed by atoms with Gasteiger partial charge in [-0.15, -0.1) is 0 Å². The zero-order valence-electron chi connectivity index (χ0n) is 15.2. The molecule has 0 atom stereocenters. The summed E-state index contributed by atoms with van der Waals surface area (Å²) in [5.41, 5.74) is 5.16. The molecule has 150 valence electrons. The molecule has 0 spiro atoms. The van der Waals surface area contributed by atoms with Crippen LogP contribution < -0.4 is 11.1 Å². The van der Waals surface area contributed by atoms with E-state index < -0.39 is 23.0 Å². The summed E-state index contributed by atoms with van der Waals surface area (Å²) in [6.07, 6.45) is 1.01. The molecule has 7 nitrogen and oxygen atoms in total. The highest BCUT2D eigenvalue weighted by Crippen LogP contribution is 2.30. The lowest BCUT2D eigenvalue weighted by Crippen LogP contribution is -2.42. The Kier molecular flexibility index (Phi) is 6.08. The van der Waals surface area contributed by atoms with Crippen LogP contribution >= 0.6 is 11.3 Å². The second kappa shape index (κ2) is 8.51. The van der Waals surface area contributed by atoms with Crippen molar-refractivity contribution < 1.29 is 23.1 Å². The number of aromatic nitrogens is 1. The van der Waals surface area contributed by atoms with E-state index in [1.54, 1.807) is 11.8 Å².